The zero-order valence-electron chi connectivity index (χ0n) is 10.7. The summed E-state index contributed by atoms with van der Waals surface area (Å²) in [6.07, 6.45) is 4.17. The molecule has 2 nitrogen and oxygen atoms in total. The number of hydrogen-bond donors (Lipinski definition) is 0. The molecular weight excluding hydrogens is 278 g/mol. The quantitative estimate of drug-likeness (QED) is 0.816. The standard InChI is InChI=1S/C15H16ClNOS/c16-12-2-1-3-13(8-12)19-15(11-17)9-14(10-15)4-6-18-7-5-14/h1-3,8H,4-7,9-10H2. The van der Waals surface area contributed by atoms with Crippen LogP contribution in [0.4, 0.5) is 0 Å². The number of thioether (sulfide) groups is 1. The van der Waals surface area contributed by atoms with E-state index in [9.17, 15) is 5.26 Å². The molecule has 1 heterocycles. The zero-order chi connectivity index (χ0) is 13.3. The average molecular weight is 294 g/mol. The lowest BCUT2D eigenvalue weighted by atomic mass is 9.58. The first-order valence-electron chi connectivity index (χ1n) is 6.59. The van der Waals surface area contributed by atoms with Gasteiger partial charge in [0.1, 0.15) is 4.75 Å². The molecule has 0 amide bonds. The summed E-state index contributed by atoms with van der Waals surface area (Å²) < 4.78 is 5.17. The molecule has 0 radical (unpaired) electrons. The van der Waals surface area contributed by atoms with E-state index in [-0.39, 0.29) is 4.75 Å². The lowest BCUT2D eigenvalue weighted by Crippen LogP contribution is -2.51. The van der Waals surface area contributed by atoms with E-state index in [1.807, 2.05) is 24.3 Å². The summed E-state index contributed by atoms with van der Waals surface area (Å²) >= 11 is 7.68. The van der Waals surface area contributed by atoms with E-state index in [4.69, 9.17) is 16.3 Å². The SMILES string of the molecule is N#CC1(Sc2cccc(Cl)c2)CC2(CCOCC2)C1. The maximum absolute atomic E-state index is 9.55. The van der Waals surface area contributed by atoms with E-state index in [0.717, 1.165) is 48.8 Å². The van der Waals surface area contributed by atoms with Gasteiger partial charge in [0, 0.05) is 23.1 Å². The van der Waals surface area contributed by atoms with E-state index in [1.165, 1.54) is 0 Å². The van der Waals surface area contributed by atoms with Gasteiger partial charge in [-0.2, -0.15) is 5.26 Å². The van der Waals surface area contributed by atoms with Crippen molar-refractivity contribution in [2.24, 2.45) is 5.41 Å². The van der Waals surface area contributed by atoms with Gasteiger partial charge in [-0.3, -0.25) is 0 Å². The van der Waals surface area contributed by atoms with Gasteiger partial charge in [-0.1, -0.05) is 17.7 Å². The first-order chi connectivity index (χ1) is 9.15. The summed E-state index contributed by atoms with van der Waals surface area (Å²) in [4.78, 5) is 1.09. The van der Waals surface area contributed by atoms with E-state index in [1.54, 1.807) is 11.8 Å². The molecule has 0 N–H and O–H groups in total. The molecule has 2 aliphatic rings. The van der Waals surface area contributed by atoms with Crippen LogP contribution in [0.3, 0.4) is 0 Å². The van der Waals surface area contributed by atoms with Gasteiger partial charge in [0.25, 0.3) is 0 Å². The van der Waals surface area contributed by atoms with E-state index < -0.39 is 0 Å². The van der Waals surface area contributed by atoms with Crippen molar-refractivity contribution in [3.8, 4) is 6.07 Å². The molecule has 3 rings (SSSR count). The number of rotatable bonds is 2. The van der Waals surface area contributed by atoms with Gasteiger partial charge in [0.2, 0.25) is 0 Å². The number of benzene rings is 1. The van der Waals surface area contributed by atoms with E-state index >= 15 is 0 Å². The van der Waals surface area contributed by atoms with Crippen molar-refractivity contribution < 1.29 is 4.74 Å². The smallest absolute Gasteiger partial charge is 0.108 e. The highest BCUT2D eigenvalue weighted by molar-refractivity contribution is 8.01. The molecular formula is C15H16ClNOS. The fourth-order valence-electron chi connectivity index (χ4n) is 3.25. The van der Waals surface area contributed by atoms with E-state index in [2.05, 4.69) is 6.07 Å². The van der Waals surface area contributed by atoms with Gasteiger partial charge in [-0.05, 0) is 49.3 Å². The van der Waals surface area contributed by atoms with Crippen molar-refractivity contribution in [2.75, 3.05) is 13.2 Å². The highest BCUT2D eigenvalue weighted by Gasteiger charge is 2.55. The summed E-state index contributed by atoms with van der Waals surface area (Å²) in [5.41, 5.74) is 0.361. The fourth-order valence-corrected chi connectivity index (χ4v) is 5.09. The van der Waals surface area contributed by atoms with Crippen LogP contribution in [0.25, 0.3) is 0 Å². The molecule has 1 aliphatic carbocycles. The minimum absolute atomic E-state index is 0.262. The number of nitrogens with zero attached hydrogens (tertiary/aromatic N) is 1. The normalized spacial score (nSPS) is 23.6. The molecule has 19 heavy (non-hydrogen) atoms. The second-order valence-electron chi connectivity index (χ2n) is 5.63. The summed E-state index contributed by atoms with van der Waals surface area (Å²) in [6.45, 7) is 1.70. The Morgan fingerprint density at radius 1 is 1.26 bits per heavy atom. The molecule has 0 unspecified atom stereocenters. The maximum atomic E-state index is 9.55. The predicted octanol–water partition coefficient (Wildman–Crippen LogP) is 4.29. The summed E-state index contributed by atoms with van der Waals surface area (Å²) in [5.74, 6) is 0. The Balaban J connectivity index is 1.71. The third-order valence-corrected chi connectivity index (χ3v) is 5.68. The van der Waals surface area contributed by atoms with Crippen LogP contribution in [0.15, 0.2) is 29.2 Å². The van der Waals surface area contributed by atoms with Crippen molar-refractivity contribution in [1.82, 2.24) is 0 Å². The van der Waals surface area contributed by atoms with Crippen molar-refractivity contribution in [3.05, 3.63) is 29.3 Å². The Kier molecular flexibility index (Phi) is 3.51. The molecule has 1 saturated heterocycles. The van der Waals surface area contributed by atoms with Crippen LogP contribution in [0.1, 0.15) is 25.7 Å². The molecule has 1 aromatic rings. The summed E-state index contributed by atoms with van der Waals surface area (Å²) in [5, 5.41) is 10.3. The second-order valence-corrected chi connectivity index (χ2v) is 7.52. The zero-order valence-corrected chi connectivity index (χ0v) is 12.3. The third kappa shape index (κ3) is 2.63. The van der Waals surface area contributed by atoms with Crippen LogP contribution in [-0.2, 0) is 4.74 Å². The minimum Gasteiger partial charge on any atom is -0.381 e. The highest BCUT2D eigenvalue weighted by atomic mass is 35.5. The topological polar surface area (TPSA) is 33.0 Å². The molecule has 1 saturated carbocycles. The molecule has 1 aliphatic heterocycles. The van der Waals surface area contributed by atoms with Crippen LogP contribution in [0, 0.1) is 16.7 Å². The molecule has 4 heteroatoms. The largest absolute Gasteiger partial charge is 0.381 e. The summed E-state index contributed by atoms with van der Waals surface area (Å²) in [7, 11) is 0. The molecule has 1 spiro atoms. The van der Waals surface area contributed by atoms with Crippen molar-refractivity contribution in [3.63, 3.8) is 0 Å². The summed E-state index contributed by atoms with van der Waals surface area (Å²) in [6, 6.07) is 10.3. The van der Waals surface area contributed by atoms with Gasteiger partial charge in [0.05, 0.1) is 6.07 Å². The Morgan fingerprint density at radius 3 is 2.63 bits per heavy atom. The van der Waals surface area contributed by atoms with Gasteiger partial charge in [0.15, 0.2) is 0 Å². The monoisotopic (exact) mass is 293 g/mol. The highest BCUT2D eigenvalue weighted by Crippen LogP contribution is 2.61. The van der Waals surface area contributed by atoms with Crippen LogP contribution in [0.2, 0.25) is 5.02 Å². The van der Waals surface area contributed by atoms with E-state index in [0.29, 0.717) is 5.41 Å². The van der Waals surface area contributed by atoms with Gasteiger partial charge in [-0.15, -0.1) is 11.8 Å². The number of nitriles is 1. The molecule has 0 aromatic heterocycles. The van der Waals surface area contributed by atoms with Crippen molar-refractivity contribution in [1.29, 1.82) is 5.26 Å². The van der Waals surface area contributed by atoms with Gasteiger partial charge < -0.3 is 4.74 Å². The molecule has 2 fully saturated rings. The second kappa shape index (κ2) is 5.01. The number of halogens is 1. The first-order valence-corrected chi connectivity index (χ1v) is 7.79. The Hall–Kier alpha value is -0.690. The van der Waals surface area contributed by atoms with Gasteiger partial charge >= 0.3 is 0 Å². The third-order valence-electron chi connectivity index (χ3n) is 4.19. The minimum atomic E-state index is -0.262. The van der Waals surface area contributed by atoms with Crippen LogP contribution < -0.4 is 0 Å². The molecule has 1 aromatic carbocycles. The number of hydrogen-bond acceptors (Lipinski definition) is 3. The average Bonchev–Trinajstić information content (AvgIpc) is 2.38. The van der Waals surface area contributed by atoms with Crippen LogP contribution >= 0.6 is 23.4 Å². The lowest BCUT2D eigenvalue weighted by Gasteiger charge is -2.54. The van der Waals surface area contributed by atoms with Crippen LogP contribution in [-0.4, -0.2) is 18.0 Å². The van der Waals surface area contributed by atoms with Crippen molar-refractivity contribution in [2.45, 2.75) is 35.3 Å². The Morgan fingerprint density at radius 2 is 2.00 bits per heavy atom. The lowest BCUT2D eigenvalue weighted by molar-refractivity contribution is -0.0364. The fraction of sp³-hybridized carbons (Fsp3) is 0.533. The molecule has 100 valence electrons. The Bertz CT molecular complexity index is 511. The van der Waals surface area contributed by atoms with Crippen LogP contribution in [0.5, 0.6) is 0 Å². The first kappa shape index (κ1) is 13.3. The Labute approximate surface area is 123 Å². The maximum Gasteiger partial charge on any atom is 0.108 e. The van der Waals surface area contributed by atoms with Crippen molar-refractivity contribution >= 4 is 23.4 Å². The number of ether oxygens (including phenoxy) is 1. The van der Waals surface area contributed by atoms with Gasteiger partial charge in [-0.25, -0.2) is 0 Å². The molecule has 0 bridgehead atoms. The molecule has 0 atom stereocenters. The predicted molar refractivity (Wildman–Crippen MR) is 77.4 cm³/mol.